The van der Waals surface area contributed by atoms with Gasteiger partial charge in [-0.2, -0.15) is 0 Å². The van der Waals surface area contributed by atoms with E-state index in [1.54, 1.807) is 0 Å². The maximum Gasteiger partial charge on any atom is 0.0644 e. The van der Waals surface area contributed by atoms with Gasteiger partial charge in [0.25, 0.3) is 0 Å². The molecule has 3 heteroatoms. The summed E-state index contributed by atoms with van der Waals surface area (Å²) >= 11 is 0. The second kappa shape index (κ2) is 6.11. The van der Waals surface area contributed by atoms with Crippen LogP contribution in [0.15, 0.2) is 0 Å². The van der Waals surface area contributed by atoms with Gasteiger partial charge in [0.2, 0.25) is 0 Å². The number of hydrogen-bond donors (Lipinski definition) is 1. The molecule has 1 aliphatic carbocycles. The summed E-state index contributed by atoms with van der Waals surface area (Å²) in [6.07, 6.45) is 9.08. The van der Waals surface area contributed by atoms with Gasteiger partial charge in [0, 0.05) is 24.7 Å². The van der Waals surface area contributed by atoms with Crippen LogP contribution >= 0.6 is 0 Å². The number of hydrogen-bond acceptors (Lipinski definition) is 3. The molecule has 2 fully saturated rings. The van der Waals surface area contributed by atoms with Gasteiger partial charge in [-0.25, -0.2) is 0 Å². The van der Waals surface area contributed by atoms with Crippen LogP contribution in [0.4, 0.5) is 0 Å². The van der Waals surface area contributed by atoms with Gasteiger partial charge in [-0.3, -0.25) is 4.90 Å². The number of ether oxygens (including phenoxy) is 1. The molecule has 0 spiro atoms. The Morgan fingerprint density at radius 1 is 1.21 bits per heavy atom. The van der Waals surface area contributed by atoms with Gasteiger partial charge in [0.05, 0.1) is 5.60 Å². The third-order valence-corrected chi connectivity index (χ3v) is 5.16. The van der Waals surface area contributed by atoms with Gasteiger partial charge in [0.1, 0.15) is 0 Å². The van der Waals surface area contributed by atoms with Crippen LogP contribution in [0, 0.1) is 0 Å². The van der Waals surface area contributed by atoms with Crippen LogP contribution in [-0.4, -0.2) is 41.8 Å². The summed E-state index contributed by atoms with van der Waals surface area (Å²) < 4.78 is 5.92. The highest BCUT2D eigenvalue weighted by Gasteiger charge is 2.45. The third-order valence-electron chi connectivity index (χ3n) is 5.16. The Hall–Kier alpha value is -0.120. The molecule has 0 amide bonds. The predicted molar refractivity (Wildman–Crippen MR) is 80.3 cm³/mol. The topological polar surface area (TPSA) is 38.5 Å². The van der Waals surface area contributed by atoms with Crippen molar-refractivity contribution in [2.45, 2.75) is 82.9 Å². The van der Waals surface area contributed by atoms with Crippen LogP contribution in [0.25, 0.3) is 0 Å². The minimum absolute atomic E-state index is 0.0281. The Labute approximate surface area is 118 Å². The summed E-state index contributed by atoms with van der Waals surface area (Å²) in [5.41, 5.74) is 6.38. The Kier molecular flexibility index (Phi) is 4.91. The van der Waals surface area contributed by atoms with Gasteiger partial charge < -0.3 is 10.5 Å². The van der Waals surface area contributed by atoms with Gasteiger partial charge in [-0.15, -0.1) is 0 Å². The number of nitrogens with zero attached hydrogens (tertiary/aromatic N) is 1. The van der Waals surface area contributed by atoms with Gasteiger partial charge in [-0.05, 0) is 46.1 Å². The molecule has 3 nitrogen and oxygen atoms in total. The molecular formula is C16H32N2O. The molecule has 1 saturated heterocycles. The normalized spacial score (nSPS) is 32.7. The van der Waals surface area contributed by atoms with Crippen LogP contribution in [0.2, 0.25) is 0 Å². The first kappa shape index (κ1) is 15.3. The second-order valence-electron chi connectivity index (χ2n) is 7.04. The predicted octanol–water partition coefficient (Wildman–Crippen LogP) is 2.93. The summed E-state index contributed by atoms with van der Waals surface area (Å²) in [5, 5.41) is 0. The first-order valence-corrected chi connectivity index (χ1v) is 8.14. The lowest BCUT2D eigenvalue weighted by Crippen LogP contribution is -2.63. The summed E-state index contributed by atoms with van der Waals surface area (Å²) in [6.45, 7) is 9.47. The molecule has 1 aliphatic heterocycles. The van der Waals surface area contributed by atoms with E-state index < -0.39 is 0 Å². The molecule has 1 saturated carbocycles. The maximum atomic E-state index is 6.25. The highest BCUT2D eigenvalue weighted by Crippen LogP contribution is 2.39. The first-order valence-electron chi connectivity index (χ1n) is 8.14. The zero-order chi connectivity index (χ0) is 13.9. The van der Waals surface area contributed by atoms with E-state index in [0.29, 0.717) is 0 Å². The van der Waals surface area contributed by atoms with E-state index in [0.717, 1.165) is 38.6 Å². The fourth-order valence-corrected chi connectivity index (χ4v) is 4.36. The van der Waals surface area contributed by atoms with Crippen LogP contribution in [0.3, 0.4) is 0 Å². The zero-order valence-electron chi connectivity index (χ0n) is 13.1. The van der Waals surface area contributed by atoms with Gasteiger partial charge in [-0.1, -0.05) is 26.2 Å². The minimum atomic E-state index is -0.0281. The quantitative estimate of drug-likeness (QED) is 0.852. The summed E-state index contributed by atoms with van der Waals surface area (Å²) in [5.74, 6) is 0. The van der Waals surface area contributed by atoms with Crippen LogP contribution in [0.1, 0.15) is 65.7 Å². The van der Waals surface area contributed by atoms with Crippen LogP contribution in [-0.2, 0) is 4.74 Å². The van der Waals surface area contributed by atoms with Crippen molar-refractivity contribution in [3.63, 3.8) is 0 Å². The molecule has 2 N–H and O–H groups in total. The fourth-order valence-electron chi connectivity index (χ4n) is 4.36. The molecule has 2 rings (SSSR count). The van der Waals surface area contributed by atoms with Crippen LogP contribution < -0.4 is 5.73 Å². The molecule has 0 bridgehead atoms. The summed E-state index contributed by atoms with van der Waals surface area (Å²) in [7, 11) is 0. The van der Waals surface area contributed by atoms with Crippen molar-refractivity contribution < 1.29 is 4.74 Å². The smallest absolute Gasteiger partial charge is 0.0644 e. The van der Waals surface area contributed by atoms with Crippen molar-refractivity contribution in [2.24, 2.45) is 5.73 Å². The second-order valence-corrected chi connectivity index (χ2v) is 7.04. The van der Waals surface area contributed by atoms with E-state index in [4.69, 9.17) is 10.5 Å². The third kappa shape index (κ3) is 3.32. The van der Waals surface area contributed by atoms with Crippen molar-refractivity contribution >= 4 is 0 Å². The number of rotatable bonds is 4. The Balaban J connectivity index is 2.16. The Bertz CT molecular complexity index is 286. The molecule has 0 radical (unpaired) electrons. The lowest BCUT2D eigenvalue weighted by molar-refractivity contribution is -0.128. The van der Waals surface area contributed by atoms with Crippen molar-refractivity contribution in [1.82, 2.24) is 4.90 Å². The molecule has 19 heavy (non-hydrogen) atoms. The molecule has 1 heterocycles. The van der Waals surface area contributed by atoms with Crippen molar-refractivity contribution in [1.29, 1.82) is 0 Å². The molecule has 112 valence electrons. The molecule has 0 aromatic rings. The molecular weight excluding hydrogens is 236 g/mol. The molecule has 2 aliphatic rings. The highest BCUT2D eigenvalue weighted by molar-refractivity contribution is 5.01. The van der Waals surface area contributed by atoms with Crippen LogP contribution in [0.5, 0.6) is 0 Å². The fraction of sp³-hybridized carbons (Fsp3) is 1.00. The number of nitrogens with two attached hydrogens (primary N) is 1. The summed E-state index contributed by atoms with van der Waals surface area (Å²) in [6, 6.07) is 0.746. The maximum absolute atomic E-state index is 6.25. The standard InChI is InChI=1S/C16H32N2O/c1-4-18(14-8-6-5-7-9-14)16(13-17)10-11-19-15(2,3)12-16/h14H,4-13,17H2,1-3H3. The SMILES string of the molecule is CCN(C1CCCCC1)C1(CN)CCOC(C)(C)C1. The van der Waals surface area contributed by atoms with E-state index in [1.165, 1.54) is 32.1 Å². The average molecular weight is 268 g/mol. The van der Waals surface area contributed by atoms with E-state index in [9.17, 15) is 0 Å². The van der Waals surface area contributed by atoms with E-state index in [-0.39, 0.29) is 11.1 Å². The van der Waals surface area contributed by atoms with Gasteiger partial charge in [0.15, 0.2) is 0 Å². The van der Waals surface area contributed by atoms with E-state index >= 15 is 0 Å². The van der Waals surface area contributed by atoms with Crippen molar-refractivity contribution in [3.8, 4) is 0 Å². The van der Waals surface area contributed by atoms with Crippen molar-refractivity contribution in [2.75, 3.05) is 19.7 Å². The summed E-state index contributed by atoms with van der Waals surface area (Å²) in [4.78, 5) is 2.73. The van der Waals surface area contributed by atoms with E-state index in [2.05, 4.69) is 25.7 Å². The lowest BCUT2D eigenvalue weighted by Gasteiger charge is -2.53. The van der Waals surface area contributed by atoms with Crippen molar-refractivity contribution in [3.05, 3.63) is 0 Å². The minimum Gasteiger partial charge on any atom is -0.375 e. The largest absolute Gasteiger partial charge is 0.375 e. The monoisotopic (exact) mass is 268 g/mol. The number of likely N-dealkylation sites (N-methyl/N-ethyl adjacent to an activating group) is 1. The molecule has 0 aromatic carbocycles. The Morgan fingerprint density at radius 2 is 1.89 bits per heavy atom. The molecule has 1 unspecified atom stereocenters. The first-order chi connectivity index (χ1) is 9.03. The average Bonchev–Trinajstić information content (AvgIpc) is 2.39. The highest BCUT2D eigenvalue weighted by atomic mass is 16.5. The Morgan fingerprint density at radius 3 is 2.42 bits per heavy atom. The lowest BCUT2D eigenvalue weighted by atomic mass is 9.77. The molecule has 1 atom stereocenters. The zero-order valence-corrected chi connectivity index (χ0v) is 13.1. The van der Waals surface area contributed by atoms with Gasteiger partial charge >= 0.3 is 0 Å². The van der Waals surface area contributed by atoms with E-state index in [1.807, 2.05) is 0 Å². The molecule has 0 aromatic heterocycles.